The molecule has 0 saturated heterocycles. The Kier molecular flexibility index (Phi) is 12.2. The summed E-state index contributed by atoms with van der Waals surface area (Å²) in [6.07, 6.45) is 1.60. The predicted octanol–water partition coefficient (Wildman–Crippen LogP) is 12.8. The third-order valence-corrected chi connectivity index (χ3v) is 11.5. The van der Waals surface area contributed by atoms with Gasteiger partial charge >= 0.3 is 0 Å². The summed E-state index contributed by atoms with van der Waals surface area (Å²) < 4.78 is 4.19. The van der Waals surface area contributed by atoms with Crippen LogP contribution in [0.1, 0.15) is 11.1 Å². The number of fused-ring (bicyclic) bond motifs is 2. The monoisotopic (exact) mass is 1220 g/mol. The van der Waals surface area contributed by atoms with E-state index in [1.165, 1.54) is 0 Å². The standard InChI is InChI=1S/C56H38N6O2.2Pt/c1-35-27-37(43-21-13-23-49-53(43)59-55(45-19-9-11-25-51(45)63)61(49)41-15-5-3-6-16-41)31-39(29-35)47-33-48(58-34-57-47)40-30-36(2)28-38(32-40)44-22-14-24-50-54(44)60-56(46-20-10-12-26-52(46)64)62(50)42-17-7-4-8-18-42;;/h3-30,33-34,63-64H,1-2H3;;/q-2;;. The number of aromatic nitrogens is 6. The number of hydrogen-bond acceptors (Lipinski definition) is 6. The molecular weight excluding hydrogens is 1180 g/mol. The second kappa shape index (κ2) is 18.3. The summed E-state index contributed by atoms with van der Waals surface area (Å²) in [4.78, 5) is 20.0. The van der Waals surface area contributed by atoms with Crippen LogP contribution in [0.5, 0.6) is 11.5 Å². The normalized spacial score (nSPS) is 11.1. The van der Waals surface area contributed by atoms with Crippen molar-refractivity contribution in [2.75, 3.05) is 0 Å². The molecule has 0 unspecified atom stereocenters. The summed E-state index contributed by atoms with van der Waals surface area (Å²) in [7, 11) is 0. The Hall–Kier alpha value is -7.24. The van der Waals surface area contributed by atoms with E-state index in [0.717, 1.165) is 89.3 Å². The third kappa shape index (κ3) is 7.97. The van der Waals surface area contributed by atoms with Crippen LogP contribution < -0.4 is 0 Å². The molecule has 11 rings (SSSR count). The first-order valence-electron chi connectivity index (χ1n) is 21.0. The molecule has 0 spiro atoms. The molecule has 0 bridgehead atoms. The number of nitrogens with zero attached hydrogens (tertiary/aromatic N) is 6. The summed E-state index contributed by atoms with van der Waals surface area (Å²) in [6, 6.07) is 64.9. The topological polar surface area (TPSA) is 102 Å². The number of phenols is 2. The molecule has 0 aliphatic carbocycles. The first-order valence-corrected chi connectivity index (χ1v) is 21.0. The van der Waals surface area contributed by atoms with Gasteiger partial charge in [-0.1, -0.05) is 127 Å². The molecule has 0 atom stereocenters. The Bertz CT molecular complexity index is 3340. The fraction of sp³-hybridized carbons (Fsp3) is 0.0357. The Morgan fingerprint density at radius 1 is 0.409 bits per heavy atom. The van der Waals surface area contributed by atoms with Crippen molar-refractivity contribution in [3.8, 4) is 90.4 Å². The molecule has 326 valence electrons. The van der Waals surface area contributed by atoms with E-state index in [0.29, 0.717) is 22.8 Å². The maximum atomic E-state index is 11.0. The van der Waals surface area contributed by atoms with E-state index in [2.05, 4.69) is 83.6 Å². The summed E-state index contributed by atoms with van der Waals surface area (Å²) in [5.74, 6) is 1.61. The van der Waals surface area contributed by atoms with E-state index in [1.807, 2.05) is 115 Å². The van der Waals surface area contributed by atoms with Gasteiger partial charge in [0.2, 0.25) is 0 Å². The maximum Gasteiger partial charge on any atom is 0.148 e. The minimum Gasteiger partial charge on any atom is -0.507 e. The van der Waals surface area contributed by atoms with E-state index in [9.17, 15) is 10.2 Å². The second-order valence-corrected chi connectivity index (χ2v) is 15.9. The van der Waals surface area contributed by atoms with Gasteiger partial charge in [-0.05, 0) is 60.7 Å². The van der Waals surface area contributed by atoms with Crippen LogP contribution in [-0.2, 0) is 42.1 Å². The second-order valence-electron chi connectivity index (χ2n) is 15.9. The van der Waals surface area contributed by atoms with Gasteiger partial charge in [0.25, 0.3) is 0 Å². The Balaban J connectivity index is 0.00000274. The van der Waals surface area contributed by atoms with E-state index < -0.39 is 0 Å². The minimum absolute atomic E-state index is 0. The third-order valence-electron chi connectivity index (χ3n) is 11.5. The van der Waals surface area contributed by atoms with Crippen molar-refractivity contribution in [1.82, 2.24) is 29.1 Å². The van der Waals surface area contributed by atoms with Gasteiger partial charge in [-0.15, -0.1) is 58.7 Å². The molecule has 0 radical (unpaired) electrons. The van der Waals surface area contributed by atoms with Crippen molar-refractivity contribution < 1.29 is 52.3 Å². The quantitative estimate of drug-likeness (QED) is 0.147. The predicted molar refractivity (Wildman–Crippen MR) is 254 cm³/mol. The SMILES string of the molecule is Cc1cc(-c2cc(-c3[c-]c(-c4cccc5c4nc(-c4ccccc4O)n5-c4ccccc4)cc(C)c3)ncn2)[c-]c(-c2cccc3c2nc(-c2ccccc2O)n3-c2ccccc2)c1.[Pt].[Pt]. The van der Waals surface area contributed by atoms with Gasteiger partial charge in [0.1, 0.15) is 23.1 Å². The van der Waals surface area contributed by atoms with Crippen LogP contribution in [-0.4, -0.2) is 39.3 Å². The van der Waals surface area contributed by atoms with Gasteiger partial charge in [-0.25, -0.2) is 9.97 Å². The van der Waals surface area contributed by atoms with Crippen LogP contribution in [0, 0.1) is 26.0 Å². The molecule has 2 N–H and O–H groups in total. The molecule has 3 heterocycles. The number of benzene rings is 8. The molecule has 66 heavy (non-hydrogen) atoms. The van der Waals surface area contributed by atoms with E-state index in [1.54, 1.807) is 18.5 Å². The Labute approximate surface area is 410 Å². The van der Waals surface area contributed by atoms with E-state index in [4.69, 9.17) is 19.9 Å². The fourth-order valence-corrected chi connectivity index (χ4v) is 8.64. The largest absolute Gasteiger partial charge is 0.507 e. The molecule has 8 aromatic carbocycles. The average Bonchev–Trinajstić information content (AvgIpc) is 3.92. The van der Waals surface area contributed by atoms with Crippen molar-refractivity contribution in [1.29, 1.82) is 0 Å². The molecule has 0 aliphatic heterocycles. The average molecular weight is 1220 g/mol. The van der Waals surface area contributed by atoms with Gasteiger partial charge in [0.05, 0.1) is 39.5 Å². The van der Waals surface area contributed by atoms with Crippen molar-refractivity contribution >= 4 is 22.1 Å². The van der Waals surface area contributed by atoms with Crippen LogP contribution in [0.3, 0.4) is 0 Å². The number of phenolic OH excluding ortho intramolecular Hbond substituents is 2. The Morgan fingerprint density at radius 2 is 0.788 bits per heavy atom. The van der Waals surface area contributed by atoms with Crippen LogP contribution >= 0.6 is 0 Å². The molecule has 3 aromatic heterocycles. The summed E-state index contributed by atoms with van der Waals surface area (Å²) in [5.41, 5.74) is 15.3. The summed E-state index contributed by atoms with van der Waals surface area (Å²) >= 11 is 0. The molecule has 11 aromatic rings. The Morgan fingerprint density at radius 3 is 1.21 bits per heavy atom. The number of rotatable bonds is 8. The van der Waals surface area contributed by atoms with Gasteiger partial charge in [0, 0.05) is 64.9 Å². The van der Waals surface area contributed by atoms with Gasteiger partial charge < -0.3 is 10.2 Å². The zero-order valence-corrected chi connectivity index (χ0v) is 40.1. The molecule has 0 saturated carbocycles. The molecule has 10 heteroatoms. The zero-order valence-electron chi connectivity index (χ0n) is 35.5. The van der Waals surface area contributed by atoms with Gasteiger partial charge in [0.15, 0.2) is 0 Å². The number of hydrogen-bond donors (Lipinski definition) is 2. The van der Waals surface area contributed by atoms with Crippen molar-refractivity contribution in [3.05, 3.63) is 206 Å². The number of imidazole rings is 2. The smallest absolute Gasteiger partial charge is 0.148 e. The van der Waals surface area contributed by atoms with Crippen LogP contribution in [0.15, 0.2) is 182 Å². The van der Waals surface area contributed by atoms with Crippen molar-refractivity contribution in [3.63, 3.8) is 0 Å². The van der Waals surface area contributed by atoms with Crippen LogP contribution in [0.2, 0.25) is 0 Å². The van der Waals surface area contributed by atoms with Crippen molar-refractivity contribution in [2.24, 2.45) is 0 Å². The fourth-order valence-electron chi connectivity index (χ4n) is 8.64. The number of para-hydroxylation sites is 6. The number of aromatic hydroxyl groups is 2. The van der Waals surface area contributed by atoms with Crippen molar-refractivity contribution in [2.45, 2.75) is 13.8 Å². The molecule has 0 fully saturated rings. The van der Waals surface area contributed by atoms with Gasteiger partial charge in [-0.2, -0.15) is 0 Å². The first-order chi connectivity index (χ1) is 31.4. The summed E-state index contributed by atoms with van der Waals surface area (Å²) in [6.45, 7) is 4.15. The molecule has 0 amide bonds. The molecule has 0 aliphatic rings. The molecule has 8 nitrogen and oxygen atoms in total. The zero-order chi connectivity index (χ0) is 43.3. The maximum absolute atomic E-state index is 11.0. The first kappa shape index (κ1) is 44.0. The van der Waals surface area contributed by atoms with E-state index >= 15 is 0 Å². The van der Waals surface area contributed by atoms with Crippen LogP contribution in [0.4, 0.5) is 0 Å². The van der Waals surface area contributed by atoms with Gasteiger partial charge in [-0.3, -0.25) is 19.1 Å². The van der Waals surface area contributed by atoms with Crippen LogP contribution in [0.25, 0.3) is 101 Å². The minimum atomic E-state index is 0. The van der Waals surface area contributed by atoms with E-state index in [-0.39, 0.29) is 53.6 Å². The molecular formula is C56H38N6O2Pt2-2. The number of aryl methyl sites for hydroxylation is 2. The summed E-state index contributed by atoms with van der Waals surface area (Å²) in [5, 5.41) is 22.0.